The van der Waals surface area contributed by atoms with Gasteiger partial charge >= 0.3 is 11.9 Å². The van der Waals surface area contributed by atoms with Crippen molar-refractivity contribution in [1.29, 1.82) is 0 Å². The molecule has 0 heterocycles. The lowest BCUT2D eigenvalue weighted by atomic mass is 10.1. The molecule has 0 aliphatic rings. The summed E-state index contributed by atoms with van der Waals surface area (Å²) in [5.74, 6) is -0.328. The first-order valence-electron chi connectivity index (χ1n) is 9.23. The van der Waals surface area contributed by atoms with Crippen molar-refractivity contribution in [3.63, 3.8) is 0 Å². The molecule has 160 valence electrons. The van der Waals surface area contributed by atoms with Gasteiger partial charge in [0.25, 0.3) is 5.91 Å². The number of carbonyl (C=O) groups is 3. The van der Waals surface area contributed by atoms with Crippen LogP contribution < -0.4 is 14.8 Å². The number of rotatable bonds is 9. The lowest BCUT2D eigenvalue weighted by molar-refractivity contribution is -0.147. The number of hydrogen-bond acceptors (Lipinski definition) is 7. The first kappa shape index (κ1) is 22.7. The number of ether oxygens (including phenoxy) is 4. The lowest BCUT2D eigenvalue weighted by Crippen LogP contribution is -2.21. The number of amides is 1. The monoisotopic (exact) mass is 415 g/mol. The van der Waals surface area contributed by atoms with Gasteiger partial charge in [-0.1, -0.05) is 12.1 Å². The third-order valence-electron chi connectivity index (χ3n) is 4.36. The topological polar surface area (TPSA) is 100 Å². The fourth-order valence-corrected chi connectivity index (χ4v) is 2.69. The minimum atomic E-state index is -0.507. The van der Waals surface area contributed by atoms with E-state index in [2.05, 4.69) is 10.1 Å². The van der Waals surface area contributed by atoms with Crippen LogP contribution in [0, 0.1) is 6.92 Å². The Balaban J connectivity index is 1.85. The van der Waals surface area contributed by atoms with Crippen molar-refractivity contribution >= 4 is 23.5 Å². The number of nitrogens with one attached hydrogen (secondary N) is 1. The fourth-order valence-electron chi connectivity index (χ4n) is 2.69. The van der Waals surface area contributed by atoms with Crippen LogP contribution in [0.4, 0.5) is 5.69 Å². The van der Waals surface area contributed by atoms with Crippen molar-refractivity contribution in [3.05, 3.63) is 53.1 Å². The Kier molecular flexibility index (Phi) is 8.22. The summed E-state index contributed by atoms with van der Waals surface area (Å²) in [6.45, 7) is 1.36. The van der Waals surface area contributed by atoms with E-state index in [0.29, 0.717) is 29.2 Å². The molecule has 0 radical (unpaired) electrons. The van der Waals surface area contributed by atoms with E-state index in [9.17, 15) is 14.4 Å². The van der Waals surface area contributed by atoms with Crippen LogP contribution in [0.25, 0.3) is 0 Å². The second-order valence-corrected chi connectivity index (χ2v) is 6.42. The van der Waals surface area contributed by atoms with Crippen molar-refractivity contribution < 1.29 is 33.3 Å². The summed E-state index contributed by atoms with van der Waals surface area (Å²) >= 11 is 0. The van der Waals surface area contributed by atoms with Gasteiger partial charge in [-0.15, -0.1) is 0 Å². The van der Waals surface area contributed by atoms with E-state index in [1.807, 2.05) is 6.07 Å². The van der Waals surface area contributed by atoms with E-state index in [4.69, 9.17) is 14.2 Å². The van der Waals surface area contributed by atoms with Crippen molar-refractivity contribution in [2.24, 2.45) is 0 Å². The van der Waals surface area contributed by atoms with Gasteiger partial charge < -0.3 is 24.3 Å². The summed E-state index contributed by atoms with van der Waals surface area (Å²) in [5, 5.41) is 2.63. The minimum Gasteiger partial charge on any atom is -0.493 e. The standard InChI is InChI=1S/C22H25NO7/c1-14-5-8-16(22(26)29-4)12-17(14)23-20(24)13-30-21(25)10-7-15-6-9-18(27-2)19(11-15)28-3/h5-6,8-9,11-12H,7,10,13H2,1-4H3,(H,23,24). The van der Waals surface area contributed by atoms with E-state index >= 15 is 0 Å². The minimum absolute atomic E-state index is 0.111. The molecule has 0 atom stereocenters. The third kappa shape index (κ3) is 6.23. The predicted octanol–water partition coefficient (Wildman–Crippen LogP) is 2.91. The molecular formula is C22H25NO7. The zero-order valence-corrected chi connectivity index (χ0v) is 17.4. The fraction of sp³-hybridized carbons (Fsp3) is 0.318. The summed E-state index contributed by atoms with van der Waals surface area (Å²) in [6, 6.07) is 10.2. The Labute approximate surface area is 175 Å². The van der Waals surface area contributed by atoms with E-state index in [-0.39, 0.29) is 6.42 Å². The van der Waals surface area contributed by atoms with Gasteiger partial charge in [-0.05, 0) is 48.7 Å². The summed E-state index contributed by atoms with van der Waals surface area (Å²) in [6.07, 6.45) is 0.542. The highest BCUT2D eigenvalue weighted by Crippen LogP contribution is 2.28. The van der Waals surface area contributed by atoms with E-state index in [1.165, 1.54) is 20.3 Å². The van der Waals surface area contributed by atoms with Crippen LogP contribution in [0.1, 0.15) is 27.9 Å². The molecule has 0 fully saturated rings. The maximum Gasteiger partial charge on any atom is 0.337 e. The van der Waals surface area contributed by atoms with Crippen molar-refractivity contribution in [3.8, 4) is 11.5 Å². The molecule has 0 unspecified atom stereocenters. The Hall–Kier alpha value is -3.55. The highest BCUT2D eigenvalue weighted by atomic mass is 16.5. The molecule has 0 spiro atoms. The van der Waals surface area contributed by atoms with Crippen molar-refractivity contribution in [2.45, 2.75) is 19.8 Å². The predicted molar refractivity (Wildman–Crippen MR) is 110 cm³/mol. The Morgan fingerprint density at radius 1 is 0.933 bits per heavy atom. The molecule has 0 aliphatic heterocycles. The second kappa shape index (κ2) is 10.8. The average molecular weight is 415 g/mol. The molecule has 0 saturated carbocycles. The number of methoxy groups -OCH3 is 3. The number of anilines is 1. The number of benzene rings is 2. The van der Waals surface area contributed by atoms with Gasteiger partial charge in [-0.3, -0.25) is 9.59 Å². The van der Waals surface area contributed by atoms with Crippen molar-refractivity contribution in [1.82, 2.24) is 0 Å². The number of aryl methyl sites for hydroxylation is 2. The quantitative estimate of drug-likeness (QED) is 0.629. The van der Waals surface area contributed by atoms with E-state index in [1.54, 1.807) is 38.3 Å². The van der Waals surface area contributed by atoms with Gasteiger partial charge in [0.15, 0.2) is 18.1 Å². The van der Waals surface area contributed by atoms with Crippen LogP contribution in [0.3, 0.4) is 0 Å². The van der Waals surface area contributed by atoms with Gasteiger partial charge in [0, 0.05) is 12.1 Å². The largest absolute Gasteiger partial charge is 0.493 e. The van der Waals surface area contributed by atoms with Crippen LogP contribution in [0.2, 0.25) is 0 Å². The molecule has 8 nitrogen and oxygen atoms in total. The maximum absolute atomic E-state index is 12.1. The molecule has 0 bridgehead atoms. The van der Waals surface area contributed by atoms with E-state index in [0.717, 1.165) is 11.1 Å². The van der Waals surface area contributed by atoms with E-state index < -0.39 is 24.5 Å². The summed E-state index contributed by atoms with van der Waals surface area (Å²) in [5.41, 5.74) is 2.40. The Morgan fingerprint density at radius 2 is 1.67 bits per heavy atom. The van der Waals surface area contributed by atoms with Crippen LogP contribution in [-0.4, -0.2) is 45.8 Å². The number of esters is 2. The molecule has 8 heteroatoms. The normalized spacial score (nSPS) is 10.1. The first-order valence-corrected chi connectivity index (χ1v) is 9.23. The van der Waals surface area contributed by atoms with Gasteiger partial charge in [-0.2, -0.15) is 0 Å². The highest BCUT2D eigenvalue weighted by Gasteiger charge is 2.13. The molecule has 2 rings (SSSR count). The summed E-state index contributed by atoms with van der Waals surface area (Å²) < 4.78 is 20.1. The van der Waals surface area contributed by atoms with Crippen molar-refractivity contribution in [2.75, 3.05) is 33.3 Å². The van der Waals surface area contributed by atoms with Gasteiger partial charge in [0.1, 0.15) is 0 Å². The van der Waals surface area contributed by atoms with Crippen LogP contribution in [0.5, 0.6) is 11.5 Å². The maximum atomic E-state index is 12.1. The average Bonchev–Trinajstić information content (AvgIpc) is 2.76. The Bertz CT molecular complexity index is 924. The third-order valence-corrected chi connectivity index (χ3v) is 4.36. The van der Waals surface area contributed by atoms with Crippen LogP contribution in [-0.2, 0) is 25.5 Å². The number of carbonyl (C=O) groups excluding carboxylic acids is 3. The molecule has 2 aromatic rings. The zero-order valence-electron chi connectivity index (χ0n) is 17.4. The molecule has 1 amide bonds. The summed E-state index contributed by atoms with van der Waals surface area (Å²) in [4.78, 5) is 35.7. The van der Waals surface area contributed by atoms with Crippen LogP contribution in [0.15, 0.2) is 36.4 Å². The molecule has 0 aliphatic carbocycles. The molecule has 1 N–H and O–H groups in total. The highest BCUT2D eigenvalue weighted by molar-refractivity contribution is 5.96. The molecule has 30 heavy (non-hydrogen) atoms. The molecule has 0 aromatic heterocycles. The van der Waals surface area contributed by atoms with Gasteiger partial charge in [0.05, 0.1) is 26.9 Å². The number of hydrogen-bond donors (Lipinski definition) is 1. The summed E-state index contributed by atoms with van der Waals surface area (Å²) in [7, 11) is 4.37. The second-order valence-electron chi connectivity index (χ2n) is 6.42. The van der Waals surface area contributed by atoms with Crippen LogP contribution >= 0.6 is 0 Å². The SMILES string of the molecule is COC(=O)c1ccc(C)c(NC(=O)COC(=O)CCc2ccc(OC)c(OC)c2)c1. The zero-order chi connectivity index (χ0) is 22.1. The molecule has 0 saturated heterocycles. The first-order chi connectivity index (χ1) is 14.4. The Morgan fingerprint density at radius 3 is 2.33 bits per heavy atom. The van der Waals surface area contributed by atoms with Gasteiger partial charge in [-0.25, -0.2) is 4.79 Å². The smallest absolute Gasteiger partial charge is 0.337 e. The lowest BCUT2D eigenvalue weighted by Gasteiger charge is -2.11. The molecular weight excluding hydrogens is 390 g/mol. The molecule has 2 aromatic carbocycles. The van der Waals surface area contributed by atoms with Gasteiger partial charge in [0.2, 0.25) is 0 Å².